The van der Waals surface area contributed by atoms with E-state index in [4.69, 9.17) is 5.11 Å². The molecule has 1 unspecified atom stereocenters. The van der Waals surface area contributed by atoms with Gasteiger partial charge in [-0.2, -0.15) is 0 Å². The van der Waals surface area contributed by atoms with Crippen molar-refractivity contribution in [2.45, 2.75) is 52.0 Å². The van der Waals surface area contributed by atoms with Crippen LogP contribution in [0.25, 0.3) is 0 Å². The molecule has 0 aromatic rings. The van der Waals surface area contributed by atoms with Gasteiger partial charge in [-0.3, -0.25) is 14.5 Å². The second kappa shape index (κ2) is 8.15. The predicted molar refractivity (Wildman–Crippen MR) is 73.9 cm³/mol. The zero-order valence-electron chi connectivity index (χ0n) is 12.0. The highest BCUT2D eigenvalue weighted by Crippen LogP contribution is 2.30. The van der Waals surface area contributed by atoms with Gasteiger partial charge in [-0.15, -0.1) is 0 Å². The minimum Gasteiger partial charge on any atom is -0.480 e. The Balaban J connectivity index is 2.37. The second-order valence-corrected chi connectivity index (χ2v) is 5.44. The molecular formula is C14H26N2O3. The van der Waals surface area contributed by atoms with Crippen molar-refractivity contribution in [1.29, 1.82) is 0 Å². The number of carbonyl (C=O) groups excluding carboxylic acids is 1. The van der Waals surface area contributed by atoms with Gasteiger partial charge >= 0.3 is 5.97 Å². The van der Waals surface area contributed by atoms with Crippen molar-refractivity contribution >= 4 is 11.9 Å². The van der Waals surface area contributed by atoms with Crippen LogP contribution >= 0.6 is 0 Å². The number of carboxylic acids is 1. The second-order valence-electron chi connectivity index (χ2n) is 5.44. The highest BCUT2D eigenvalue weighted by Gasteiger charge is 2.30. The van der Waals surface area contributed by atoms with E-state index < -0.39 is 5.97 Å². The Morgan fingerprint density at radius 2 is 2.05 bits per heavy atom. The Hall–Kier alpha value is -1.10. The van der Waals surface area contributed by atoms with Crippen LogP contribution in [0.2, 0.25) is 0 Å². The molecule has 0 aliphatic heterocycles. The molecule has 1 aliphatic carbocycles. The van der Waals surface area contributed by atoms with Crippen LogP contribution in [-0.4, -0.2) is 47.6 Å². The quantitative estimate of drug-likeness (QED) is 0.590. The Bertz CT molecular complexity index is 303. The molecule has 1 rings (SSSR count). The van der Waals surface area contributed by atoms with E-state index in [0.29, 0.717) is 12.5 Å². The van der Waals surface area contributed by atoms with E-state index in [0.717, 1.165) is 38.6 Å². The van der Waals surface area contributed by atoms with Crippen molar-refractivity contribution in [3.05, 3.63) is 0 Å². The molecule has 0 heterocycles. The average Bonchev–Trinajstić information content (AvgIpc) is 3.16. The lowest BCUT2D eigenvalue weighted by atomic mass is 10.2. The van der Waals surface area contributed by atoms with E-state index in [1.165, 1.54) is 0 Å². The van der Waals surface area contributed by atoms with Crippen LogP contribution in [0.4, 0.5) is 0 Å². The normalized spacial score (nSPS) is 16.4. The van der Waals surface area contributed by atoms with Gasteiger partial charge in [0, 0.05) is 13.1 Å². The van der Waals surface area contributed by atoms with E-state index in [2.05, 4.69) is 12.2 Å². The average molecular weight is 270 g/mol. The lowest BCUT2D eigenvalue weighted by Crippen LogP contribution is -2.48. The number of carbonyl (C=O) groups is 2. The number of hydrogen-bond donors (Lipinski definition) is 2. The maximum Gasteiger partial charge on any atom is 0.317 e. The first-order chi connectivity index (χ1) is 9.04. The first kappa shape index (κ1) is 16.0. The number of carboxylic acid groups (broad SMARTS) is 1. The standard InChI is InChI=1S/C14H26N2O3/c1-3-4-5-8-15-14(19)11(2)16(10-13(17)18)9-12-6-7-12/h11-12H,3-10H2,1-2H3,(H,15,19)(H,17,18). The molecule has 2 N–H and O–H groups in total. The molecule has 0 aromatic heterocycles. The maximum absolute atomic E-state index is 12.0. The van der Waals surface area contributed by atoms with E-state index in [1.807, 2.05) is 0 Å². The Morgan fingerprint density at radius 3 is 2.58 bits per heavy atom. The van der Waals surface area contributed by atoms with Gasteiger partial charge < -0.3 is 10.4 Å². The van der Waals surface area contributed by atoms with Gasteiger partial charge in [0.25, 0.3) is 0 Å². The Kier molecular flexibility index (Phi) is 6.84. The van der Waals surface area contributed by atoms with Gasteiger partial charge in [0.15, 0.2) is 0 Å². The molecule has 1 saturated carbocycles. The molecule has 0 bridgehead atoms. The summed E-state index contributed by atoms with van der Waals surface area (Å²) in [6, 6.07) is -0.363. The monoisotopic (exact) mass is 270 g/mol. The summed E-state index contributed by atoms with van der Waals surface area (Å²) in [6.45, 7) is 5.26. The molecule has 0 radical (unpaired) electrons. The van der Waals surface area contributed by atoms with Crippen molar-refractivity contribution in [2.24, 2.45) is 5.92 Å². The van der Waals surface area contributed by atoms with Gasteiger partial charge in [-0.1, -0.05) is 19.8 Å². The van der Waals surface area contributed by atoms with Gasteiger partial charge in [-0.25, -0.2) is 0 Å². The number of amides is 1. The first-order valence-electron chi connectivity index (χ1n) is 7.28. The lowest BCUT2D eigenvalue weighted by Gasteiger charge is -2.26. The number of rotatable bonds is 10. The fourth-order valence-corrected chi connectivity index (χ4v) is 2.07. The summed E-state index contributed by atoms with van der Waals surface area (Å²) in [4.78, 5) is 24.6. The molecule has 0 spiro atoms. The number of hydrogen-bond acceptors (Lipinski definition) is 3. The van der Waals surface area contributed by atoms with Crippen molar-refractivity contribution in [2.75, 3.05) is 19.6 Å². The van der Waals surface area contributed by atoms with Crippen molar-refractivity contribution in [3.63, 3.8) is 0 Å². The molecule has 1 fully saturated rings. The zero-order chi connectivity index (χ0) is 14.3. The summed E-state index contributed by atoms with van der Waals surface area (Å²) >= 11 is 0. The fourth-order valence-electron chi connectivity index (χ4n) is 2.07. The van der Waals surface area contributed by atoms with E-state index in [9.17, 15) is 9.59 Å². The molecule has 19 heavy (non-hydrogen) atoms. The minimum absolute atomic E-state index is 0.0555. The summed E-state index contributed by atoms with van der Waals surface area (Å²) in [5.74, 6) is -0.348. The van der Waals surface area contributed by atoms with Gasteiger partial charge in [-0.05, 0) is 32.1 Å². The van der Waals surface area contributed by atoms with Crippen LogP contribution in [0.15, 0.2) is 0 Å². The molecule has 0 saturated heterocycles. The van der Waals surface area contributed by atoms with Gasteiger partial charge in [0.2, 0.25) is 5.91 Å². The molecule has 1 aliphatic rings. The van der Waals surface area contributed by atoms with Crippen LogP contribution in [0.5, 0.6) is 0 Å². The van der Waals surface area contributed by atoms with Crippen molar-refractivity contribution in [1.82, 2.24) is 10.2 Å². The Morgan fingerprint density at radius 1 is 1.37 bits per heavy atom. The van der Waals surface area contributed by atoms with Gasteiger partial charge in [0.05, 0.1) is 12.6 Å². The number of aliphatic carboxylic acids is 1. The number of unbranched alkanes of at least 4 members (excludes halogenated alkanes) is 2. The van der Waals surface area contributed by atoms with Crippen molar-refractivity contribution in [3.8, 4) is 0 Å². The summed E-state index contributed by atoms with van der Waals surface area (Å²) in [5, 5.41) is 11.8. The molecule has 1 atom stereocenters. The molecule has 0 aromatic carbocycles. The minimum atomic E-state index is -0.869. The highest BCUT2D eigenvalue weighted by atomic mass is 16.4. The molecule has 5 nitrogen and oxygen atoms in total. The summed E-state index contributed by atoms with van der Waals surface area (Å²) < 4.78 is 0. The number of nitrogens with one attached hydrogen (secondary N) is 1. The third-order valence-corrected chi connectivity index (χ3v) is 3.53. The summed E-state index contributed by atoms with van der Waals surface area (Å²) in [5.41, 5.74) is 0. The van der Waals surface area contributed by atoms with Crippen molar-refractivity contribution < 1.29 is 14.7 Å². The predicted octanol–water partition coefficient (Wildman–Crippen LogP) is 1.48. The van der Waals surface area contributed by atoms with Crippen LogP contribution in [-0.2, 0) is 9.59 Å². The maximum atomic E-state index is 12.0. The SMILES string of the molecule is CCCCCNC(=O)C(C)N(CC(=O)O)CC1CC1. The highest BCUT2D eigenvalue weighted by molar-refractivity contribution is 5.82. The molecule has 5 heteroatoms. The van der Waals surface area contributed by atoms with E-state index >= 15 is 0 Å². The van der Waals surface area contributed by atoms with E-state index in [-0.39, 0.29) is 18.5 Å². The first-order valence-corrected chi connectivity index (χ1v) is 7.28. The molecule has 110 valence electrons. The largest absolute Gasteiger partial charge is 0.480 e. The Labute approximate surface area is 115 Å². The third kappa shape index (κ3) is 6.57. The van der Waals surface area contributed by atoms with Crippen LogP contribution in [0.1, 0.15) is 46.0 Å². The zero-order valence-corrected chi connectivity index (χ0v) is 12.0. The third-order valence-electron chi connectivity index (χ3n) is 3.53. The smallest absolute Gasteiger partial charge is 0.317 e. The topological polar surface area (TPSA) is 69.6 Å². The molecular weight excluding hydrogens is 244 g/mol. The van der Waals surface area contributed by atoms with E-state index in [1.54, 1.807) is 11.8 Å². The number of nitrogens with zero attached hydrogens (tertiary/aromatic N) is 1. The summed E-state index contributed by atoms with van der Waals surface area (Å²) in [7, 11) is 0. The van der Waals surface area contributed by atoms with Crippen LogP contribution in [0, 0.1) is 5.92 Å². The van der Waals surface area contributed by atoms with Crippen LogP contribution in [0.3, 0.4) is 0 Å². The fraction of sp³-hybridized carbons (Fsp3) is 0.857. The lowest BCUT2D eigenvalue weighted by molar-refractivity contribution is -0.140. The van der Waals surface area contributed by atoms with Crippen LogP contribution < -0.4 is 5.32 Å². The van der Waals surface area contributed by atoms with Gasteiger partial charge in [0.1, 0.15) is 0 Å². The summed E-state index contributed by atoms with van der Waals surface area (Å²) in [6.07, 6.45) is 5.52. The molecule has 1 amide bonds.